The first kappa shape index (κ1) is 18.9. The molecule has 0 aromatic heterocycles. The number of carbonyl (C=O) groups is 2. The number of esters is 1. The zero-order valence-corrected chi connectivity index (χ0v) is 13.5. The quantitative estimate of drug-likeness (QED) is 0.715. The lowest BCUT2D eigenvalue weighted by Crippen LogP contribution is -2.51. The van der Waals surface area contributed by atoms with Gasteiger partial charge in [0, 0.05) is 0 Å². The van der Waals surface area contributed by atoms with E-state index in [1.54, 1.807) is 6.92 Å². The highest BCUT2D eigenvalue weighted by Gasteiger charge is 2.31. The molecule has 0 saturated heterocycles. The van der Waals surface area contributed by atoms with Gasteiger partial charge in [-0.15, -0.1) is 0 Å². The van der Waals surface area contributed by atoms with Gasteiger partial charge in [0.2, 0.25) is 5.91 Å². The van der Waals surface area contributed by atoms with Crippen LogP contribution in [0.2, 0.25) is 0 Å². The smallest absolute Gasteiger partial charge is 0.331 e. The summed E-state index contributed by atoms with van der Waals surface area (Å²) in [6, 6.07) is -0.859. The summed E-state index contributed by atoms with van der Waals surface area (Å²) < 4.78 is 15.6. The minimum absolute atomic E-state index is 0.0550. The van der Waals surface area contributed by atoms with Crippen LogP contribution in [0.5, 0.6) is 0 Å². The first-order chi connectivity index (χ1) is 9.06. The highest BCUT2D eigenvalue weighted by atomic mass is 16.5. The van der Waals surface area contributed by atoms with Crippen molar-refractivity contribution in [1.82, 2.24) is 5.32 Å². The fourth-order valence-electron chi connectivity index (χ4n) is 1.58. The Morgan fingerprint density at radius 3 is 2.10 bits per heavy atom. The second kappa shape index (κ2) is 8.21. The van der Waals surface area contributed by atoms with Crippen LogP contribution < -0.4 is 5.32 Å². The van der Waals surface area contributed by atoms with Crippen molar-refractivity contribution < 1.29 is 23.8 Å². The standard InChI is InChI=1S/C14H27NO5/c1-9(2)19-8-11(16)15-12(13(17)18-7)10(3)20-14(4,5)6/h9-10,12H,8H2,1-7H3,(H,15,16)/t10-,12+/m1/s1. The summed E-state index contributed by atoms with van der Waals surface area (Å²) in [4.78, 5) is 23.5. The Balaban J connectivity index is 4.65. The molecule has 0 aliphatic rings. The highest BCUT2D eigenvalue weighted by Crippen LogP contribution is 2.13. The lowest BCUT2D eigenvalue weighted by molar-refractivity contribution is -0.154. The number of hydrogen-bond acceptors (Lipinski definition) is 5. The summed E-state index contributed by atoms with van der Waals surface area (Å²) in [6.45, 7) is 10.9. The Labute approximate surface area is 121 Å². The lowest BCUT2D eigenvalue weighted by atomic mass is 10.1. The molecule has 0 bridgehead atoms. The lowest BCUT2D eigenvalue weighted by Gasteiger charge is -2.30. The van der Waals surface area contributed by atoms with E-state index in [0.717, 1.165) is 0 Å². The molecule has 0 aromatic rings. The minimum Gasteiger partial charge on any atom is -0.467 e. The first-order valence-corrected chi connectivity index (χ1v) is 6.73. The average Bonchev–Trinajstić information content (AvgIpc) is 2.30. The molecular formula is C14H27NO5. The molecule has 0 fully saturated rings. The van der Waals surface area contributed by atoms with E-state index in [-0.39, 0.29) is 18.6 Å². The van der Waals surface area contributed by atoms with Gasteiger partial charge in [0.05, 0.1) is 24.9 Å². The predicted molar refractivity (Wildman–Crippen MR) is 75.3 cm³/mol. The fourth-order valence-corrected chi connectivity index (χ4v) is 1.58. The second-order valence-corrected chi connectivity index (χ2v) is 5.86. The summed E-state index contributed by atoms with van der Waals surface area (Å²) in [6.07, 6.45) is -0.564. The van der Waals surface area contributed by atoms with E-state index in [1.807, 2.05) is 34.6 Å². The van der Waals surface area contributed by atoms with Gasteiger partial charge in [-0.1, -0.05) is 0 Å². The molecule has 0 aliphatic carbocycles. The molecule has 118 valence electrons. The van der Waals surface area contributed by atoms with Crippen LogP contribution >= 0.6 is 0 Å². The Morgan fingerprint density at radius 2 is 1.70 bits per heavy atom. The number of nitrogens with one attached hydrogen (secondary N) is 1. The van der Waals surface area contributed by atoms with Crippen LogP contribution in [0.4, 0.5) is 0 Å². The first-order valence-electron chi connectivity index (χ1n) is 6.73. The molecule has 0 aromatic carbocycles. The van der Waals surface area contributed by atoms with Gasteiger partial charge < -0.3 is 19.5 Å². The van der Waals surface area contributed by atoms with Crippen molar-refractivity contribution in [3.63, 3.8) is 0 Å². The van der Waals surface area contributed by atoms with Gasteiger partial charge in [0.25, 0.3) is 0 Å². The van der Waals surface area contributed by atoms with Crippen molar-refractivity contribution in [2.75, 3.05) is 13.7 Å². The van der Waals surface area contributed by atoms with E-state index < -0.39 is 23.7 Å². The Kier molecular flexibility index (Phi) is 7.75. The molecule has 6 nitrogen and oxygen atoms in total. The molecular weight excluding hydrogens is 262 g/mol. The summed E-state index contributed by atoms with van der Waals surface area (Å²) in [7, 11) is 1.27. The third kappa shape index (κ3) is 8.12. The van der Waals surface area contributed by atoms with Crippen LogP contribution in [0.25, 0.3) is 0 Å². The normalized spacial score (nSPS) is 14.8. The Hall–Kier alpha value is -1.14. The molecule has 2 atom stereocenters. The Bertz CT molecular complexity index is 322. The van der Waals surface area contributed by atoms with Gasteiger partial charge in [-0.3, -0.25) is 4.79 Å². The van der Waals surface area contributed by atoms with E-state index in [0.29, 0.717) is 0 Å². The Morgan fingerprint density at radius 1 is 1.15 bits per heavy atom. The van der Waals surface area contributed by atoms with Crippen molar-refractivity contribution in [2.24, 2.45) is 0 Å². The van der Waals surface area contributed by atoms with Gasteiger partial charge in [-0.2, -0.15) is 0 Å². The van der Waals surface area contributed by atoms with Crippen LogP contribution in [0.15, 0.2) is 0 Å². The van der Waals surface area contributed by atoms with E-state index in [2.05, 4.69) is 5.32 Å². The van der Waals surface area contributed by atoms with Gasteiger partial charge in [0.15, 0.2) is 6.04 Å². The number of carbonyl (C=O) groups excluding carboxylic acids is 2. The van der Waals surface area contributed by atoms with Crippen LogP contribution in [0.3, 0.4) is 0 Å². The van der Waals surface area contributed by atoms with Crippen molar-refractivity contribution in [3.8, 4) is 0 Å². The zero-order valence-electron chi connectivity index (χ0n) is 13.5. The third-order valence-corrected chi connectivity index (χ3v) is 2.33. The van der Waals surface area contributed by atoms with Crippen molar-refractivity contribution in [3.05, 3.63) is 0 Å². The van der Waals surface area contributed by atoms with Crippen LogP contribution in [-0.4, -0.2) is 49.4 Å². The molecule has 1 N–H and O–H groups in total. The molecule has 0 unspecified atom stereocenters. The monoisotopic (exact) mass is 289 g/mol. The van der Waals surface area contributed by atoms with Gasteiger partial charge >= 0.3 is 5.97 Å². The van der Waals surface area contributed by atoms with Crippen LogP contribution in [0, 0.1) is 0 Å². The number of rotatable bonds is 7. The molecule has 20 heavy (non-hydrogen) atoms. The molecule has 1 amide bonds. The van der Waals surface area contributed by atoms with Crippen molar-refractivity contribution in [1.29, 1.82) is 0 Å². The zero-order chi connectivity index (χ0) is 15.9. The molecule has 6 heteroatoms. The topological polar surface area (TPSA) is 73.9 Å². The van der Waals surface area contributed by atoms with Crippen molar-refractivity contribution in [2.45, 2.75) is 65.4 Å². The highest BCUT2D eigenvalue weighted by molar-refractivity contribution is 5.85. The van der Waals surface area contributed by atoms with Gasteiger partial charge in [0.1, 0.15) is 6.61 Å². The van der Waals surface area contributed by atoms with E-state index in [1.165, 1.54) is 7.11 Å². The summed E-state index contributed by atoms with van der Waals surface area (Å²) >= 11 is 0. The number of hydrogen-bond donors (Lipinski definition) is 1. The summed E-state index contributed by atoms with van der Waals surface area (Å²) in [5.41, 5.74) is -0.426. The number of methoxy groups -OCH3 is 1. The molecule has 0 aliphatic heterocycles. The average molecular weight is 289 g/mol. The van der Waals surface area contributed by atoms with E-state index >= 15 is 0 Å². The van der Waals surface area contributed by atoms with Gasteiger partial charge in [-0.05, 0) is 41.5 Å². The maximum atomic E-state index is 11.8. The van der Waals surface area contributed by atoms with E-state index in [4.69, 9.17) is 14.2 Å². The second-order valence-electron chi connectivity index (χ2n) is 5.86. The molecule has 0 heterocycles. The maximum absolute atomic E-state index is 11.8. The molecule has 0 rings (SSSR count). The van der Waals surface area contributed by atoms with Crippen LogP contribution in [-0.2, 0) is 23.8 Å². The van der Waals surface area contributed by atoms with Gasteiger partial charge in [-0.25, -0.2) is 4.79 Å². The molecule has 0 spiro atoms. The van der Waals surface area contributed by atoms with E-state index in [9.17, 15) is 9.59 Å². The number of amides is 1. The predicted octanol–water partition coefficient (Wildman–Crippen LogP) is 1.27. The van der Waals surface area contributed by atoms with Crippen LogP contribution in [0.1, 0.15) is 41.5 Å². The fraction of sp³-hybridized carbons (Fsp3) is 0.857. The minimum atomic E-state index is -0.859. The number of ether oxygens (including phenoxy) is 3. The largest absolute Gasteiger partial charge is 0.467 e. The SMILES string of the molecule is COC(=O)[C@@H](NC(=O)COC(C)C)[C@@H](C)OC(C)(C)C. The summed E-state index contributed by atoms with van der Waals surface area (Å²) in [5.74, 6) is -0.918. The summed E-state index contributed by atoms with van der Waals surface area (Å²) in [5, 5.41) is 2.58. The molecule has 0 radical (unpaired) electrons. The maximum Gasteiger partial charge on any atom is 0.331 e. The van der Waals surface area contributed by atoms with Crippen molar-refractivity contribution >= 4 is 11.9 Å². The molecule has 0 saturated carbocycles. The third-order valence-electron chi connectivity index (χ3n) is 2.33.